The van der Waals surface area contributed by atoms with Crippen LogP contribution < -0.4 is 10.9 Å². The van der Waals surface area contributed by atoms with Crippen molar-refractivity contribution < 1.29 is 9.59 Å². The number of carbonyl (C=O) groups excluding carboxylic acids is 2. The van der Waals surface area contributed by atoms with Crippen molar-refractivity contribution in [3.05, 3.63) is 57.4 Å². The molecule has 24 heavy (non-hydrogen) atoms. The summed E-state index contributed by atoms with van der Waals surface area (Å²) in [5.74, 6) is -0.799. The van der Waals surface area contributed by atoms with Gasteiger partial charge in [0.2, 0.25) is 0 Å². The second kappa shape index (κ2) is 5.90. The molecule has 0 aliphatic carbocycles. The van der Waals surface area contributed by atoms with Crippen molar-refractivity contribution in [3.8, 4) is 0 Å². The van der Waals surface area contributed by atoms with Gasteiger partial charge in [-0.3, -0.25) is 24.8 Å². The van der Waals surface area contributed by atoms with Crippen molar-refractivity contribution in [2.24, 2.45) is 0 Å². The molecule has 0 spiro atoms. The fourth-order valence-corrected chi connectivity index (χ4v) is 4.03. The van der Waals surface area contributed by atoms with E-state index in [0.717, 1.165) is 15.3 Å². The summed E-state index contributed by atoms with van der Waals surface area (Å²) in [4.78, 5) is 30.8. The molecule has 1 aromatic carbocycles. The third-order valence-corrected chi connectivity index (χ3v) is 5.39. The Morgan fingerprint density at radius 3 is 2.67 bits per heavy atom. The molecule has 2 amide bonds. The van der Waals surface area contributed by atoms with E-state index in [1.165, 1.54) is 22.7 Å². The van der Waals surface area contributed by atoms with Crippen LogP contribution in [0.1, 0.15) is 20.0 Å². The molecule has 3 heterocycles. The van der Waals surface area contributed by atoms with Gasteiger partial charge >= 0.3 is 0 Å². The minimum atomic E-state index is -0.414. The minimum Gasteiger partial charge on any atom is -0.289 e. The molecule has 6 nitrogen and oxygen atoms in total. The number of hydrazine groups is 1. The van der Waals surface area contributed by atoms with Gasteiger partial charge in [0, 0.05) is 22.2 Å². The molecule has 0 atom stereocenters. The fourth-order valence-electron chi connectivity index (χ4n) is 2.21. The van der Waals surface area contributed by atoms with Crippen LogP contribution in [0.4, 0.5) is 0 Å². The highest BCUT2D eigenvalue weighted by molar-refractivity contribution is 7.21. The summed E-state index contributed by atoms with van der Waals surface area (Å²) in [6.45, 7) is 0. The standard InChI is InChI=1S/C15H9ClN4O2S2/c16-9-3-1-8(2-4-9)12(21)18-19-13(22)11-7-10-14(24-11)17-15-20(10)5-6-23-15/h1-7H,(H,18,21)(H,19,22). The first-order chi connectivity index (χ1) is 11.6. The Labute approximate surface area is 148 Å². The number of nitrogens with one attached hydrogen (secondary N) is 2. The van der Waals surface area contributed by atoms with Gasteiger partial charge in [0.05, 0.1) is 10.4 Å². The van der Waals surface area contributed by atoms with Gasteiger partial charge in [-0.2, -0.15) is 0 Å². The third-order valence-electron chi connectivity index (χ3n) is 3.36. The molecule has 0 unspecified atom stereocenters. The molecular weight excluding hydrogens is 368 g/mol. The first kappa shape index (κ1) is 15.1. The highest BCUT2D eigenvalue weighted by atomic mass is 35.5. The molecule has 0 saturated carbocycles. The molecule has 0 aliphatic rings. The van der Waals surface area contributed by atoms with Crippen molar-refractivity contribution >= 4 is 61.4 Å². The van der Waals surface area contributed by atoms with E-state index in [1.54, 1.807) is 30.3 Å². The zero-order chi connectivity index (χ0) is 16.7. The van der Waals surface area contributed by atoms with Crippen molar-refractivity contribution in [3.63, 3.8) is 0 Å². The number of nitrogens with zero attached hydrogens (tertiary/aromatic N) is 2. The van der Waals surface area contributed by atoms with Crippen LogP contribution >= 0.6 is 34.3 Å². The monoisotopic (exact) mass is 376 g/mol. The number of hydrogen-bond acceptors (Lipinski definition) is 5. The average molecular weight is 377 g/mol. The zero-order valence-electron chi connectivity index (χ0n) is 11.9. The first-order valence-corrected chi connectivity index (χ1v) is 8.90. The number of halogens is 1. The third kappa shape index (κ3) is 2.64. The number of fused-ring (bicyclic) bond motifs is 3. The molecule has 0 fully saturated rings. The van der Waals surface area contributed by atoms with E-state index in [-0.39, 0.29) is 5.91 Å². The Morgan fingerprint density at radius 2 is 1.88 bits per heavy atom. The van der Waals surface area contributed by atoms with E-state index in [9.17, 15) is 9.59 Å². The molecule has 0 radical (unpaired) electrons. The molecule has 2 N–H and O–H groups in total. The Morgan fingerprint density at radius 1 is 1.12 bits per heavy atom. The number of benzene rings is 1. The van der Waals surface area contributed by atoms with Crippen LogP contribution in [-0.2, 0) is 0 Å². The summed E-state index contributed by atoms with van der Waals surface area (Å²) in [6, 6.07) is 8.14. The van der Waals surface area contributed by atoms with Gasteiger partial charge < -0.3 is 0 Å². The number of rotatable bonds is 2. The lowest BCUT2D eigenvalue weighted by Gasteiger charge is -2.06. The van der Waals surface area contributed by atoms with Crippen molar-refractivity contribution in [2.75, 3.05) is 0 Å². The molecule has 0 saturated heterocycles. The van der Waals surface area contributed by atoms with E-state index in [4.69, 9.17) is 11.6 Å². The second-order valence-electron chi connectivity index (χ2n) is 4.88. The van der Waals surface area contributed by atoms with Crippen LogP contribution in [0, 0.1) is 0 Å². The number of imidazole rings is 1. The second-order valence-corrected chi connectivity index (χ2v) is 7.22. The van der Waals surface area contributed by atoms with E-state index in [0.29, 0.717) is 15.5 Å². The summed E-state index contributed by atoms with van der Waals surface area (Å²) in [5, 5.41) is 2.48. The van der Waals surface area contributed by atoms with Gasteiger partial charge in [-0.05, 0) is 30.3 Å². The molecule has 3 aromatic heterocycles. The number of hydrogen-bond donors (Lipinski definition) is 2. The number of thiazole rings is 1. The lowest BCUT2D eigenvalue weighted by molar-refractivity contribution is 0.0849. The van der Waals surface area contributed by atoms with Crippen LogP contribution in [0.3, 0.4) is 0 Å². The molecular formula is C15H9ClN4O2S2. The van der Waals surface area contributed by atoms with Gasteiger partial charge in [-0.1, -0.05) is 11.6 Å². The first-order valence-electron chi connectivity index (χ1n) is 6.83. The maximum atomic E-state index is 12.2. The van der Waals surface area contributed by atoms with E-state index < -0.39 is 5.91 Å². The van der Waals surface area contributed by atoms with E-state index in [2.05, 4.69) is 15.8 Å². The minimum absolute atomic E-state index is 0.385. The fraction of sp³-hybridized carbons (Fsp3) is 0. The van der Waals surface area contributed by atoms with Crippen molar-refractivity contribution in [1.29, 1.82) is 0 Å². The number of amides is 2. The van der Waals surface area contributed by atoms with Gasteiger partial charge in [-0.25, -0.2) is 4.98 Å². The molecule has 0 bridgehead atoms. The largest absolute Gasteiger partial charge is 0.289 e. The van der Waals surface area contributed by atoms with Gasteiger partial charge in [-0.15, -0.1) is 22.7 Å². The summed E-state index contributed by atoms with van der Waals surface area (Å²) < 4.78 is 1.93. The number of carbonyl (C=O) groups is 2. The predicted octanol–water partition coefficient (Wildman–Crippen LogP) is 3.34. The molecule has 0 aliphatic heterocycles. The summed E-state index contributed by atoms with van der Waals surface area (Å²) in [7, 11) is 0. The highest BCUT2D eigenvalue weighted by Crippen LogP contribution is 2.28. The van der Waals surface area contributed by atoms with Crippen LogP contribution in [0.15, 0.2) is 41.9 Å². The van der Waals surface area contributed by atoms with Gasteiger partial charge in [0.15, 0.2) is 4.96 Å². The van der Waals surface area contributed by atoms with Crippen molar-refractivity contribution in [1.82, 2.24) is 20.2 Å². The normalized spacial score (nSPS) is 11.0. The highest BCUT2D eigenvalue weighted by Gasteiger charge is 2.15. The lowest BCUT2D eigenvalue weighted by Crippen LogP contribution is -2.41. The van der Waals surface area contributed by atoms with Crippen LogP contribution in [-0.4, -0.2) is 21.2 Å². The average Bonchev–Trinajstić information content (AvgIpc) is 3.24. The summed E-state index contributed by atoms with van der Waals surface area (Å²) in [6.07, 6.45) is 1.91. The Kier molecular flexibility index (Phi) is 3.72. The SMILES string of the molecule is O=C(NNC(=O)c1cc2c(nc3sccn32)s1)c1ccc(Cl)cc1. The quantitative estimate of drug-likeness (QED) is 0.527. The van der Waals surface area contributed by atoms with E-state index >= 15 is 0 Å². The number of aromatic nitrogens is 2. The maximum Gasteiger partial charge on any atom is 0.279 e. The molecule has 9 heteroatoms. The molecule has 120 valence electrons. The van der Waals surface area contributed by atoms with Gasteiger partial charge in [0.25, 0.3) is 11.8 Å². The molecule has 4 aromatic rings. The van der Waals surface area contributed by atoms with E-state index in [1.807, 2.05) is 16.0 Å². The Balaban J connectivity index is 1.48. The topological polar surface area (TPSA) is 75.5 Å². The molecule has 4 rings (SSSR count). The zero-order valence-corrected chi connectivity index (χ0v) is 14.3. The Bertz CT molecular complexity index is 1060. The Hall–Kier alpha value is -2.42. The summed E-state index contributed by atoms with van der Waals surface area (Å²) in [5.41, 5.74) is 6.08. The van der Waals surface area contributed by atoms with Crippen LogP contribution in [0.25, 0.3) is 15.3 Å². The van der Waals surface area contributed by atoms with Crippen molar-refractivity contribution in [2.45, 2.75) is 0 Å². The van der Waals surface area contributed by atoms with Gasteiger partial charge in [0.1, 0.15) is 4.83 Å². The maximum absolute atomic E-state index is 12.2. The number of thiophene rings is 1. The lowest BCUT2D eigenvalue weighted by atomic mass is 10.2. The smallest absolute Gasteiger partial charge is 0.279 e. The summed E-state index contributed by atoms with van der Waals surface area (Å²) >= 11 is 8.59. The van der Waals surface area contributed by atoms with Crippen LogP contribution in [0.2, 0.25) is 5.02 Å². The predicted molar refractivity (Wildman–Crippen MR) is 94.8 cm³/mol. The van der Waals surface area contributed by atoms with Crippen LogP contribution in [0.5, 0.6) is 0 Å².